The summed E-state index contributed by atoms with van der Waals surface area (Å²) < 4.78 is 0. The zero-order valence-corrected chi connectivity index (χ0v) is 14.9. The first kappa shape index (κ1) is 15.5. The summed E-state index contributed by atoms with van der Waals surface area (Å²) in [5, 5.41) is 0.748. The first-order chi connectivity index (χ1) is 12.2. The second kappa shape index (κ2) is 5.92. The Morgan fingerprint density at radius 2 is 1.36 bits per heavy atom. The minimum atomic E-state index is 0.0652. The molecule has 0 amide bonds. The molecule has 25 heavy (non-hydrogen) atoms. The van der Waals surface area contributed by atoms with E-state index in [1.165, 1.54) is 11.3 Å². The fraction of sp³-hybridized carbons (Fsp3) is 0.350. The third kappa shape index (κ3) is 2.79. The predicted octanol–water partition coefficient (Wildman–Crippen LogP) is 3.27. The molecule has 4 aliphatic heterocycles. The fourth-order valence-corrected chi connectivity index (χ4v) is 4.80. The van der Waals surface area contributed by atoms with Gasteiger partial charge < -0.3 is 0 Å². The van der Waals surface area contributed by atoms with Gasteiger partial charge in [0.05, 0.1) is 36.8 Å². The highest BCUT2D eigenvalue weighted by Gasteiger charge is 2.51. The van der Waals surface area contributed by atoms with Gasteiger partial charge in [0.15, 0.2) is 0 Å². The number of hydrogen-bond acceptors (Lipinski definition) is 4. The van der Waals surface area contributed by atoms with Crippen LogP contribution in [-0.4, -0.2) is 60.1 Å². The highest BCUT2D eigenvalue weighted by Crippen LogP contribution is 2.39. The zero-order chi connectivity index (χ0) is 16.9. The van der Waals surface area contributed by atoms with E-state index in [2.05, 4.69) is 45.0 Å². The van der Waals surface area contributed by atoms with Gasteiger partial charge in [0, 0.05) is 24.7 Å². The number of hydrogen-bond donors (Lipinski definition) is 0. The average molecular weight is 353 g/mol. The standard InChI is InChI=1S/C20H21ClN4/c21-17-6-8-18(9-7-17)22-19(16-4-2-1-3-5-16)20-10-23-13-24(11-20)15-25(12-20)14-23/h1-9H,10-15H2. The number of nitrogens with zero attached hydrogens (tertiary/aromatic N) is 4. The van der Waals surface area contributed by atoms with E-state index in [-0.39, 0.29) is 5.41 Å². The first-order valence-corrected chi connectivity index (χ1v) is 9.15. The SMILES string of the molecule is Clc1ccc(N=C(c2ccccc2)C23CN4CN(CN(C4)C2)C3)cc1. The van der Waals surface area contributed by atoms with Crippen LogP contribution >= 0.6 is 11.6 Å². The monoisotopic (exact) mass is 352 g/mol. The van der Waals surface area contributed by atoms with Crippen LogP contribution in [-0.2, 0) is 0 Å². The largest absolute Gasteiger partial charge is 0.276 e. The maximum Gasteiger partial charge on any atom is 0.0634 e. The molecule has 4 saturated heterocycles. The smallest absolute Gasteiger partial charge is 0.0634 e. The van der Waals surface area contributed by atoms with Crippen LogP contribution in [0.3, 0.4) is 0 Å². The molecule has 128 valence electrons. The van der Waals surface area contributed by atoms with Crippen molar-refractivity contribution in [2.24, 2.45) is 10.4 Å². The highest BCUT2D eigenvalue weighted by molar-refractivity contribution is 6.30. The van der Waals surface area contributed by atoms with E-state index in [9.17, 15) is 0 Å². The van der Waals surface area contributed by atoms with E-state index in [0.29, 0.717) is 0 Å². The molecule has 4 aliphatic rings. The summed E-state index contributed by atoms with van der Waals surface area (Å²) in [5.41, 5.74) is 3.46. The molecule has 0 radical (unpaired) electrons. The molecule has 2 aromatic rings. The Morgan fingerprint density at radius 1 is 0.800 bits per heavy atom. The molecule has 0 spiro atoms. The van der Waals surface area contributed by atoms with E-state index in [1.807, 2.05) is 24.3 Å². The molecule has 0 saturated carbocycles. The van der Waals surface area contributed by atoms with Gasteiger partial charge in [-0.05, 0) is 29.8 Å². The number of rotatable bonds is 3. The van der Waals surface area contributed by atoms with Gasteiger partial charge in [0.25, 0.3) is 0 Å². The molecule has 4 nitrogen and oxygen atoms in total. The topological polar surface area (TPSA) is 22.1 Å². The average Bonchev–Trinajstić information content (AvgIpc) is 2.61. The summed E-state index contributed by atoms with van der Waals surface area (Å²) in [4.78, 5) is 12.8. The van der Waals surface area contributed by atoms with Crippen molar-refractivity contribution in [2.75, 3.05) is 39.6 Å². The molecule has 4 heterocycles. The Hall–Kier alpha value is -1.72. The van der Waals surface area contributed by atoms with Crippen LogP contribution in [0.5, 0.6) is 0 Å². The minimum Gasteiger partial charge on any atom is -0.276 e. The Morgan fingerprint density at radius 3 is 1.92 bits per heavy atom. The van der Waals surface area contributed by atoms with Crippen molar-refractivity contribution in [3.05, 3.63) is 65.2 Å². The molecule has 0 atom stereocenters. The van der Waals surface area contributed by atoms with Crippen molar-refractivity contribution < 1.29 is 0 Å². The molecule has 0 aliphatic carbocycles. The Kier molecular flexibility index (Phi) is 3.68. The van der Waals surface area contributed by atoms with Crippen LogP contribution in [0.15, 0.2) is 59.6 Å². The predicted molar refractivity (Wildman–Crippen MR) is 101 cm³/mol. The molecule has 6 rings (SSSR count). The van der Waals surface area contributed by atoms with Crippen LogP contribution in [0.2, 0.25) is 5.02 Å². The minimum absolute atomic E-state index is 0.0652. The number of halogens is 1. The van der Waals surface area contributed by atoms with E-state index in [1.54, 1.807) is 0 Å². The van der Waals surface area contributed by atoms with Crippen LogP contribution in [0, 0.1) is 5.41 Å². The summed E-state index contributed by atoms with van der Waals surface area (Å²) in [6.07, 6.45) is 0. The van der Waals surface area contributed by atoms with Gasteiger partial charge in [-0.1, -0.05) is 41.9 Å². The van der Waals surface area contributed by atoms with E-state index < -0.39 is 0 Å². The molecule has 0 unspecified atom stereocenters. The first-order valence-electron chi connectivity index (χ1n) is 8.77. The number of benzene rings is 2. The molecule has 2 aromatic carbocycles. The third-order valence-electron chi connectivity index (χ3n) is 5.40. The summed E-state index contributed by atoms with van der Waals surface area (Å²) in [7, 11) is 0. The van der Waals surface area contributed by atoms with Crippen molar-refractivity contribution in [2.45, 2.75) is 0 Å². The van der Waals surface area contributed by atoms with Gasteiger partial charge in [0.2, 0.25) is 0 Å². The highest BCUT2D eigenvalue weighted by atomic mass is 35.5. The van der Waals surface area contributed by atoms with E-state index in [4.69, 9.17) is 16.6 Å². The van der Waals surface area contributed by atoms with E-state index >= 15 is 0 Å². The number of aliphatic imine (C=N–C) groups is 1. The lowest BCUT2D eigenvalue weighted by Gasteiger charge is -2.60. The molecular formula is C20H21ClN4. The maximum atomic E-state index is 6.05. The lowest BCUT2D eigenvalue weighted by atomic mass is 9.74. The third-order valence-corrected chi connectivity index (χ3v) is 5.65. The van der Waals surface area contributed by atoms with Gasteiger partial charge in [-0.2, -0.15) is 0 Å². The van der Waals surface area contributed by atoms with Gasteiger partial charge in [-0.3, -0.25) is 19.7 Å². The summed E-state index contributed by atoms with van der Waals surface area (Å²) in [6.45, 7) is 6.51. The second-order valence-electron chi connectivity index (χ2n) is 7.49. The Bertz CT molecular complexity index is 765. The second-order valence-corrected chi connectivity index (χ2v) is 7.93. The van der Waals surface area contributed by atoms with Crippen molar-refractivity contribution in [1.82, 2.24) is 14.7 Å². The molecule has 5 heteroatoms. The molecule has 4 fully saturated rings. The zero-order valence-electron chi connectivity index (χ0n) is 14.1. The van der Waals surface area contributed by atoms with Gasteiger partial charge in [0.1, 0.15) is 0 Å². The van der Waals surface area contributed by atoms with Crippen LogP contribution in [0.1, 0.15) is 5.56 Å². The van der Waals surface area contributed by atoms with Crippen LogP contribution < -0.4 is 0 Å². The van der Waals surface area contributed by atoms with Gasteiger partial charge in [-0.15, -0.1) is 0 Å². The molecule has 0 aromatic heterocycles. The molecule has 0 N–H and O–H groups in total. The molecular weight excluding hydrogens is 332 g/mol. The maximum absolute atomic E-state index is 6.05. The van der Waals surface area contributed by atoms with Gasteiger partial charge in [-0.25, -0.2) is 0 Å². The fourth-order valence-electron chi connectivity index (χ4n) is 4.67. The van der Waals surface area contributed by atoms with Crippen molar-refractivity contribution >= 4 is 23.0 Å². The van der Waals surface area contributed by atoms with Crippen LogP contribution in [0.25, 0.3) is 0 Å². The lowest BCUT2D eigenvalue weighted by Crippen LogP contribution is -2.74. The summed E-state index contributed by atoms with van der Waals surface area (Å²) in [5.74, 6) is 0. The van der Waals surface area contributed by atoms with Gasteiger partial charge >= 0.3 is 0 Å². The summed E-state index contributed by atoms with van der Waals surface area (Å²) >= 11 is 6.05. The Labute approximate surface area is 153 Å². The van der Waals surface area contributed by atoms with Crippen molar-refractivity contribution in [1.29, 1.82) is 0 Å². The quantitative estimate of drug-likeness (QED) is 0.791. The Balaban J connectivity index is 1.62. The normalized spacial score (nSPS) is 33.6. The molecule has 4 bridgehead atoms. The van der Waals surface area contributed by atoms with Crippen molar-refractivity contribution in [3.8, 4) is 0 Å². The summed E-state index contributed by atoms with van der Waals surface area (Å²) in [6, 6.07) is 18.5. The van der Waals surface area contributed by atoms with Crippen molar-refractivity contribution in [3.63, 3.8) is 0 Å². The van der Waals surface area contributed by atoms with Crippen LogP contribution in [0.4, 0.5) is 5.69 Å². The lowest BCUT2D eigenvalue weighted by molar-refractivity contribution is -0.149. The van der Waals surface area contributed by atoms with E-state index in [0.717, 1.165) is 50.4 Å².